The Labute approximate surface area is 101 Å². The van der Waals surface area contributed by atoms with Crippen LogP contribution in [-0.2, 0) is 23.7 Å². The monoisotopic (exact) mass is 244 g/mol. The molecule has 0 aromatic rings. The Bertz CT molecular complexity index is 280. The van der Waals surface area contributed by atoms with E-state index in [1.807, 2.05) is 6.92 Å². The molecule has 5 heteroatoms. The number of hydrogen-bond acceptors (Lipinski definition) is 5. The van der Waals surface area contributed by atoms with Crippen molar-refractivity contribution in [1.29, 1.82) is 0 Å². The highest BCUT2D eigenvalue weighted by Crippen LogP contribution is 2.32. The van der Waals surface area contributed by atoms with Gasteiger partial charge in [0, 0.05) is 13.0 Å². The van der Waals surface area contributed by atoms with Crippen molar-refractivity contribution in [3.05, 3.63) is 0 Å². The van der Waals surface area contributed by atoms with Gasteiger partial charge >= 0.3 is 5.97 Å². The molecule has 0 saturated carbocycles. The van der Waals surface area contributed by atoms with Crippen LogP contribution in [0, 0.1) is 0 Å². The van der Waals surface area contributed by atoms with E-state index >= 15 is 0 Å². The Kier molecular flexibility index (Phi) is 4.01. The zero-order valence-corrected chi connectivity index (χ0v) is 10.4. The van der Waals surface area contributed by atoms with Crippen molar-refractivity contribution in [2.24, 2.45) is 0 Å². The van der Waals surface area contributed by atoms with Gasteiger partial charge < -0.3 is 18.9 Å². The maximum Gasteiger partial charge on any atom is 0.305 e. The Morgan fingerprint density at radius 3 is 3.06 bits per heavy atom. The molecule has 3 atom stereocenters. The smallest absolute Gasteiger partial charge is 0.305 e. The van der Waals surface area contributed by atoms with Crippen LogP contribution in [0.25, 0.3) is 0 Å². The van der Waals surface area contributed by atoms with Gasteiger partial charge in [0.2, 0.25) is 0 Å². The lowest BCUT2D eigenvalue weighted by molar-refractivity contribution is -0.304. The molecule has 0 spiro atoms. The summed E-state index contributed by atoms with van der Waals surface area (Å²) in [4.78, 5) is 11.3. The minimum Gasteiger partial charge on any atom is -0.466 e. The van der Waals surface area contributed by atoms with Crippen LogP contribution in [0.5, 0.6) is 0 Å². The summed E-state index contributed by atoms with van der Waals surface area (Å²) in [6, 6.07) is 0. The Hall–Kier alpha value is -0.650. The Balaban J connectivity index is 1.81. The van der Waals surface area contributed by atoms with Crippen molar-refractivity contribution in [2.45, 2.75) is 51.1 Å². The van der Waals surface area contributed by atoms with Gasteiger partial charge in [-0.3, -0.25) is 4.79 Å². The fourth-order valence-electron chi connectivity index (χ4n) is 2.23. The van der Waals surface area contributed by atoms with E-state index in [1.165, 1.54) is 0 Å². The minimum absolute atomic E-state index is 0.0608. The van der Waals surface area contributed by atoms with E-state index in [9.17, 15) is 4.79 Å². The summed E-state index contributed by atoms with van der Waals surface area (Å²) in [6.45, 7) is 5.36. The maximum atomic E-state index is 11.3. The molecule has 0 radical (unpaired) electrons. The molecule has 5 nitrogen and oxygen atoms in total. The van der Waals surface area contributed by atoms with Crippen molar-refractivity contribution in [3.8, 4) is 0 Å². The second kappa shape index (κ2) is 5.33. The number of carbonyl (C=O) groups excluding carboxylic acids is 1. The van der Waals surface area contributed by atoms with Crippen molar-refractivity contribution in [3.63, 3.8) is 0 Å². The highest BCUT2D eigenvalue weighted by atomic mass is 16.7. The molecule has 2 fully saturated rings. The van der Waals surface area contributed by atoms with Gasteiger partial charge in [0.15, 0.2) is 5.79 Å². The van der Waals surface area contributed by atoms with Gasteiger partial charge in [-0.2, -0.15) is 0 Å². The van der Waals surface area contributed by atoms with Crippen LogP contribution in [-0.4, -0.2) is 43.8 Å². The number of fused-ring (bicyclic) bond motifs is 1. The largest absolute Gasteiger partial charge is 0.466 e. The van der Waals surface area contributed by atoms with E-state index in [-0.39, 0.29) is 18.2 Å². The average molecular weight is 244 g/mol. The van der Waals surface area contributed by atoms with Crippen molar-refractivity contribution in [1.82, 2.24) is 0 Å². The number of esters is 1. The molecule has 2 heterocycles. The number of ether oxygens (including phenoxy) is 4. The zero-order chi connectivity index (χ0) is 12.3. The Morgan fingerprint density at radius 1 is 1.47 bits per heavy atom. The molecule has 0 aliphatic carbocycles. The predicted octanol–water partition coefficient (Wildman–Crippen LogP) is 1.25. The first kappa shape index (κ1) is 12.8. The predicted molar refractivity (Wildman–Crippen MR) is 59.5 cm³/mol. The topological polar surface area (TPSA) is 54.0 Å². The Morgan fingerprint density at radius 2 is 2.29 bits per heavy atom. The first-order valence-electron chi connectivity index (χ1n) is 6.22. The SMILES string of the molecule is CCOC(=O)CCC1(C)OCC2OCCC2O1. The quantitative estimate of drug-likeness (QED) is 0.697. The summed E-state index contributed by atoms with van der Waals surface area (Å²) in [5.74, 6) is -0.882. The first-order valence-corrected chi connectivity index (χ1v) is 6.22. The van der Waals surface area contributed by atoms with Crippen molar-refractivity contribution >= 4 is 5.97 Å². The van der Waals surface area contributed by atoms with Crippen LogP contribution in [0.2, 0.25) is 0 Å². The summed E-state index contributed by atoms with van der Waals surface area (Å²) in [6.07, 6.45) is 1.92. The molecule has 0 N–H and O–H groups in total. The molecule has 3 unspecified atom stereocenters. The summed E-state index contributed by atoms with van der Waals surface area (Å²) in [7, 11) is 0. The van der Waals surface area contributed by atoms with Gasteiger partial charge in [-0.15, -0.1) is 0 Å². The highest BCUT2D eigenvalue weighted by Gasteiger charge is 2.42. The lowest BCUT2D eigenvalue weighted by Crippen LogP contribution is -2.48. The molecular weight excluding hydrogens is 224 g/mol. The standard InChI is InChI=1S/C12H20O5/c1-3-14-11(13)4-6-12(2)16-8-10-9(17-12)5-7-15-10/h9-10H,3-8H2,1-2H3. The summed E-state index contributed by atoms with van der Waals surface area (Å²) >= 11 is 0. The van der Waals surface area contributed by atoms with E-state index < -0.39 is 5.79 Å². The molecule has 0 amide bonds. The average Bonchev–Trinajstić information content (AvgIpc) is 2.74. The number of rotatable bonds is 4. The number of carbonyl (C=O) groups is 1. The number of hydrogen-bond donors (Lipinski definition) is 0. The molecule has 98 valence electrons. The normalized spacial score (nSPS) is 36.6. The third-order valence-electron chi connectivity index (χ3n) is 3.19. The van der Waals surface area contributed by atoms with E-state index in [4.69, 9.17) is 18.9 Å². The second-order valence-electron chi connectivity index (χ2n) is 4.60. The molecule has 17 heavy (non-hydrogen) atoms. The third kappa shape index (κ3) is 3.18. The van der Waals surface area contributed by atoms with Gasteiger partial charge in [0.05, 0.1) is 25.7 Å². The van der Waals surface area contributed by atoms with E-state index in [2.05, 4.69) is 0 Å². The third-order valence-corrected chi connectivity index (χ3v) is 3.19. The van der Waals surface area contributed by atoms with Crippen molar-refractivity contribution < 1.29 is 23.7 Å². The molecule has 2 saturated heterocycles. The zero-order valence-electron chi connectivity index (χ0n) is 10.4. The second-order valence-corrected chi connectivity index (χ2v) is 4.60. The molecule has 2 aliphatic rings. The molecule has 0 aromatic heterocycles. The van der Waals surface area contributed by atoms with E-state index in [1.54, 1.807) is 6.92 Å². The van der Waals surface area contributed by atoms with E-state index in [0.717, 1.165) is 13.0 Å². The first-order chi connectivity index (χ1) is 8.13. The molecule has 0 aromatic carbocycles. The van der Waals surface area contributed by atoms with Gasteiger partial charge in [0.1, 0.15) is 6.10 Å². The van der Waals surface area contributed by atoms with Crippen LogP contribution < -0.4 is 0 Å². The molecular formula is C12H20O5. The maximum absolute atomic E-state index is 11.3. The highest BCUT2D eigenvalue weighted by molar-refractivity contribution is 5.69. The minimum atomic E-state index is -0.679. The van der Waals surface area contributed by atoms with E-state index in [0.29, 0.717) is 26.1 Å². The van der Waals surface area contributed by atoms with Gasteiger partial charge in [-0.05, 0) is 20.3 Å². The lowest BCUT2D eigenvalue weighted by atomic mass is 10.1. The van der Waals surface area contributed by atoms with Gasteiger partial charge in [0.25, 0.3) is 0 Å². The summed E-state index contributed by atoms with van der Waals surface area (Å²) in [5, 5.41) is 0. The fourth-order valence-corrected chi connectivity index (χ4v) is 2.23. The summed E-state index contributed by atoms with van der Waals surface area (Å²) < 4.78 is 21.9. The molecule has 2 aliphatic heterocycles. The van der Waals surface area contributed by atoms with Gasteiger partial charge in [-0.25, -0.2) is 0 Å². The molecule has 0 bridgehead atoms. The van der Waals surface area contributed by atoms with Crippen LogP contribution in [0.3, 0.4) is 0 Å². The van der Waals surface area contributed by atoms with Crippen LogP contribution in [0.4, 0.5) is 0 Å². The van der Waals surface area contributed by atoms with Crippen molar-refractivity contribution in [2.75, 3.05) is 19.8 Å². The molecule has 2 rings (SSSR count). The summed E-state index contributed by atoms with van der Waals surface area (Å²) in [5.41, 5.74) is 0. The van der Waals surface area contributed by atoms with Crippen LogP contribution in [0.1, 0.15) is 33.1 Å². The van der Waals surface area contributed by atoms with Gasteiger partial charge in [-0.1, -0.05) is 0 Å². The fraction of sp³-hybridized carbons (Fsp3) is 0.917. The lowest BCUT2D eigenvalue weighted by Gasteiger charge is -2.39. The van der Waals surface area contributed by atoms with Crippen LogP contribution in [0.15, 0.2) is 0 Å². The van der Waals surface area contributed by atoms with Crippen LogP contribution >= 0.6 is 0 Å².